The van der Waals surface area contributed by atoms with Gasteiger partial charge >= 0.3 is 0 Å². The summed E-state index contributed by atoms with van der Waals surface area (Å²) in [6, 6.07) is 3.77. The van der Waals surface area contributed by atoms with Gasteiger partial charge in [0, 0.05) is 12.6 Å². The van der Waals surface area contributed by atoms with Crippen molar-refractivity contribution in [2.45, 2.75) is 12.8 Å². The third-order valence-electron chi connectivity index (χ3n) is 2.84. The maximum atomic E-state index is 11.0. The summed E-state index contributed by atoms with van der Waals surface area (Å²) in [6.45, 7) is 0.749. The van der Waals surface area contributed by atoms with Crippen LogP contribution in [0, 0.1) is 0 Å². The number of nitrogens with zero attached hydrogens (tertiary/aromatic N) is 1. The lowest BCUT2D eigenvalue weighted by molar-refractivity contribution is -0.107. The van der Waals surface area contributed by atoms with E-state index in [1.807, 2.05) is 6.07 Å². The van der Waals surface area contributed by atoms with Crippen molar-refractivity contribution in [1.29, 1.82) is 0 Å². The van der Waals surface area contributed by atoms with Crippen LogP contribution in [0.4, 0.5) is 5.69 Å². The molecule has 0 bridgehead atoms. The van der Waals surface area contributed by atoms with E-state index in [0.29, 0.717) is 5.75 Å². The van der Waals surface area contributed by atoms with Crippen LogP contribution in [-0.2, 0) is 11.2 Å². The number of hydrogen-bond donors (Lipinski definition) is 0. The summed E-state index contributed by atoms with van der Waals surface area (Å²) < 4.78 is 10.5. The van der Waals surface area contributed by atoms with Gasteiger partial charge in [-0.15, -0.1) is 0 Å². The molecule has 16 heavy (non-hydrogen) atoms. The average molecular weight is 221 g/mol. The maximum absolute atomic E-state index is 11.0. The van der Waals surface area contributed by atoms with E-state index < -0.39 is 0 Å². The molecule has 0 N–H and O–H groups in total. The Morgan fingerprint density at radius 1 is 1.31 bits per heavy atom. The van der Waals surface area contributed by atoms with Crippen LogP contribution in [0.25, 0.3) is 0 Å². The number of aryl methyl sites for hydroxylation is 1. The number of anilines is 1. The van der Waals surface area contributed by atoms with E-state index in [0.717, 1.165) is 42.8 Å². The predicted molar refractivity (Wildman–Crippen MR) is 61.3 cm³/mol. The number of amides is 1. The van der Waals surface area contributed by atoms with E-state index >= 15 is 0 Å². The van der Waals surface area contributed by atoms with Crippen LogP contribution >= 0.6 is 0 Å². The molecule has 1 heterocycles. The normalized spacial score (nSPS) is 14.2. The van der Waals surface area contributed by atoms with Gasteiger partial charge in [-0.25, -0.2) is 0 Å². The Hall–Kier alpha value is -1.71. The van der Waals surface area contributed by atoms with Crippen molar-refractivity contribution >= 4 is 12.1 Å². The number of ether oxygens (including phenoxy) is 2. The average Bonchev–Trinajstić information content (AvgIpc) is 2.36. The van der Waals surface area contributed by atoms with E-state index in [2.05, 4.69) is 0 Å². The monoisotopic (exact) mass is 221 g/mol. The standard InChI is InChI=1S/C12H15NO3/c1-15-10-6-9-4-3-5-13(8-14)12(9)11(7-10)16-2/h6-8H,3-5H2,1-2H3. The molecule has 1 amide bonds. The number of carbonyl (C=O) groups is 1. The first kappa shape index (κ1) is 10.8. The summed E-state index contributed by atoms with van der Waals surface area (Å²) in [4.78, 5) is 12.7. The van der Waals surface area contributed by atoms with Crippen molar-refractivity contribution in [3.8, 4) is 11.5 Å². The summed E-state index contributed by atoms with van der Waals surface area (Å²) in [6.07, 6.45) is 2.78. The number of methoxy groups -OCH3 is 2. The Labute approximate surface area is 94.8 Å². The number of hydrogen-bond acceptors (Lipinski definition) is 3. The molecule has 0 spiro atoms. The van der Waals surface area contributed by atoms with Crippen LogP contribution in [-0.4, -0.2) is 27.2 Å². The van der Waals surface area contributed by atoms with Gasteiger partial charge in [0.2, 0.25) is 6.41 Å². The van der Waals surface area contributed by atoms with Gasteiger partial charge in [-0.1, -0.05) is 0 Å². The zero-order valence-electron chi connectivity index (χ0n) is 9.53. The van der Waals surface area contributed by atoms with Gasteiger partial charge in [0.1, 0.15) is 11.5 Å². The first-order valence-electron chi connectivity index (χ1n) is 5.27. The minimum absolute atomic E-state index is 0.696. The lowest BCUT2D eigenvalue weighted by Crippen LogP contribution is -2.28. The van der Waals surface area contributed by atoms with Crippen molar-refractivity contribution in [3.63, 3.8) is 0 Å². The third-order valence-corrected chi connectivity index (χ3v) is 2.84. The summed E-state index contributed by atoms with van der Waals surface area (Å²) in [5, 5.41) is 0. The Morgan fingerprint density at radius 3 is 2.75 bits per heavy atom. The SMILES string of the molecule is COc1cc2c(c(OC)c1)N(C=O)CCC2. The van der Waals surface area contributed by atoms with Gasteiger partial charge in [-0.05, 0) is 24.5 Å². The van der Waals surface area contributed by atoms with Crippen LogP contribution in [0.5, 0.6) is 11.5 Å². The molecule has 0 aliphatic carbocycles. The molecule has 0 fully saturated rings. The fourth-order valence-corrected chi connectivity index (χ4v) is 2.08. The fourth-order valence-electron chi connectivity index (χ4n) is 2.08. The van der Waals surface area contributed by atoms with Gasteiger partial charge in [0.05, 0.1) is 19.9 Å². The van der Waals surface area contributed by atoms with Gasteiger partial charge in [-0.2, -0.15) is 0 Å². The van der Waals surface area contributed by atoms with Gasteiger partial charge in [0.25, 0.3) is 0 Å². The minimum atomic E-state index is 0.696. The Kier molecular flexibility index (Phi) is 2.99. The van der Waals surface area contributed by atoms with E-state index in [-0.39, 0.29) is 0 Å². The van der Waals surface area contributed by atoms with E-state index in [4.69, 9.17) is 9.47 Å². The molecule has 1 aliphatic heterocycles. The van der Waals surface area contributed by atoms with Crippen LogP contribution in [0.1, 0.15) is 12.0 Å². The molecule has 0 unspecified atom stereocenters. The Morgan fingerprint density at radius 2 is 2.12 bits per heavy atom. The molecule has 1 aliphatic rings. The predicted octanol–water partition coefficient (Wildman–Crippen LogP) is 1.61. The van der Waals surface area contributed by atoms with E-state index in [1.54, 1.807) is 25.2 Å². The summed E-state index contributed by atoms with van der Waals surface area (Å²) in [5.41, 5.74) is 1.99. The second-order valence-electron chi connectivity index (χ2n) is 3.74. The quantitative estimate of drug-likeness (QED) is 0.728. The molecule has 2 rings (SSSR count). The van der Waals surface area contributed by atoms with Gasteiger partial charge in [0.15, 0.2) is 0 Å². The number of fused-ring (bicyclic) bond motifs is 1. The van der Waals surface area contributed by atoms with Crippen LogP contribution in [0.15, 0.2) is 12.1 Å². The number of carbonyl (C=O) groups excluding carboxylic acids is 1. The fraction of sp³-hybridized carbons (Fsp3) is 0.417. The smallest absolute Gasteiger partial charge is 0.214 e. The zero-order chi connectivity index (χ0) is 11.5. The Balaban J connectivity index is 2.54. The molecule has 1 aromatic carbocycles. The highest BCUT2D eigenvalue weighted by molar-refractivity contribution is 5.82. The summed E-state index contributed by atoms with van der Waals surface area (Å²) in [7, 11) is 3.23. The van der Waals surface area contributed by atoms with Crippen molar-refractivity contribution in [2.24, 2.45) is 0 Å². The highest BCUT2D eigenvalue weighted by atomic mass is 16.5. The minimum Gasteiger partial charge on any atom is -0.497 e. The summed E-state index contributed by atoms with van der Waals surface area (Å²) >= 11 is 0. The first-order valence-corrected chi connectivity index (χ1v) is 5.27. The molecule has 86 valence electrons. The molecular formula is C12H15NO3. The van der Waals surface area contributed by atoms with Crippen LogP contribution in [0.3, 0.4) is 0 Å². The Bertz CT molecular complexity index is 386. The molecule has 0 radical (unpaired) electrons. The highest BCUT2D eigenvalue weighted by Gasteiger charge is 2.21. The van der Waals surface area contributed by atoms with Crippen LogP contribution in [0.2, 0.25) is 0 Å². The maximum Gasteiger partial charge on any atom is 0.214 e. The van der Waals surface area contributed by atoms with Crippen molar-refractivity contribution < 1.29 is 14.3 Å². The second-order valence-corrected chi connectivity index (χ2v) is 3.74. The molecule has 4 nitrogen and oxygen atoms in total. The molecule has 0 aromatic heterocycles. The number of rotatable bonds is 3. The van der Waals surface area contributed by atoms with E-state index in [9.17, 15) is 4.79 Å². The molecule has 0 saturated heterocycles. The van der Waals surface area contributed by atoms with Crippen molar-refractivity contribution in [1.82, 2.24) is 0 Å². The summed E-state index contributed by atoms with van der Waals surface area (Å²) in [5.74, 6) is 1.46. The number of benzene rings is 1. The largest absolute Gasteiger partial charge is 0.497 e. The van der Waals surface area contributed by atoms with Gasteiger partial charge < -0.3 is 14.4 Å². The molecular weight excluding hydrogens is 206 g/mol. The molecule has 0 saturated carbocycles. The second kappa shape index (κ2) is 4.43. The first-order chi connectivity index (χ1) is 7.80. The van der Waals surface area contributed by atoms with Crippen molar-refractivity contribution in [2.75, 3.05) is 25.7 Å². The van der Waals surface area contributed by atoms with E-state index in [1.165, 1.54) is 0 Å². The van der Waals surface area contributed by atoms with Crippen LogP contribution < -0.4 is 14.4 Å². The molecule has 0 atom stereocenters. The van der Waals surface area contributed by atoms with Crippen molar-refractivity contribution in [3.05, 3.63) is 17.7 Å². The zero-order valence-corrected chi connectivity index (χ0v) is 9.53. The lowest BCUT2D eigenvalue weighted by Gasteiger charge is -2.28. The topological polar surface area (TPSA) is 38.8 Å². The third kappa shape index (κ3) is 1.71. The molecule has 4 heteroatoms. The van der Waals surface area contributed by atoms with Gasteiger partial charge in [-0.3, -0.25) is 4.79 Å². The lowest BCUT2D eigenvalue weighted by atomic mass is 10.0. The molecule has 1 aromatic rings. The highest BCUT2D eigenvalue weighted by Crippen LogP contribution is 2.38.